The standard InChI is InChI=1S/C25H28N6O2/c1-18(32)30-14-16-31(17-15-30)24(33)20-4-8-21(9-5-20)27-25-26-13-12-23(28-25)19-6-10-22(11-7-19)29(2)3/h4-13H,14-17H2,1-3H3,(H,26,27,28). The first-order valence-corrected chi connectivity index (χ1v) is 10.9. The molecule has 0 bridgehead atoms. The molecular weight excluding hydrogens is 416 g/mol. The van der Waals surface area contributed by atoms with Gasteiger partial charge in [-0.25, -0.2) is 9.97 Å². The molecule has 0 saturated carbocycles. The Balaban J connectivity index is 1.40. The molecule has 0 unspecified atom stereocenters. The molecule has 1 saturated heterocycles. The molecule has 2 heterocycles. The Kier molecular flexibility index (Phi) is 6.53. The lowest BCUT2D eigenvalue weighted by Crippen LogP contribution is -2.50. The van der Waals surface area contributed by atoms with Crippen LogP contribution in [0.25, 0.3) is 11.3 Å². The third-order valence-electron chi connectivity index (χ3n) is 5.74. The van der Waals surface area contributed by atoms with Gasteiger partial charge in [0, 0.05) is 75.9 Å². The molecule has 0 aliphatic carbocycles. The number of hydrogen-bond donors (Lipinski definition) is 1. The third kappa shape index (κ3) is 5.28. The van der Waals surface area contributed by atoms with Crippen LogP contribution < -0.4 is 10.2 Å². The summed E-state index contributed by atoms with van der Waals surface area (Å²) in [5.41, 5.74) is 4.38. The zero-order valence-electron chi connectivity index (χ0n) is 19.2. The highest BCUT2D eigenvalue weighted by atomic mass is 16.2. The van der Waals surface area contributed by atoms with E-state index in [1.54, 1.807) is 35.1 Å². The molecule has 8 nitrogen and oxygen atoms in total. The molecule has 1 fully saturated rings. The molecule has 1 N–H and O–H groups in total. The number of carbonyl (C=O) groups is 2. The predicted octanol–water partition coefficient (Wildman–Crippen LogP) is 3.26. The number of hydrogen-bond acceptors (Lipinski definition) is 6. The molecule has 0 spiro atoms. The summed E-state index contributed by atoms with van der Waals surface area (Å²) in [6.45, 7) is 3.81. The Morgan fingerprint density at radius 1 is 0.879 bits per heavy atom. The molecule has 33 heavy (non-hydrogen) atoms. The lowest BCUT2D eigenvalue weighted by Gasteiger charge is -2.34. The summed E-state index contributed by atoms with van der Waals surface area (Å²) in [5, 5.41) is 3.21. The van der Waals surface area contributed by atoms with Crippen molar-refractivity contribution in [2.75, 3.05) is 50.5 Å². The molecule has 1 aliphatic rings. The van der Waals surface area contributed by atoms with E-state index in [0.29, 0.717) is 37.7 Å². The lowest BCUT2D eigenvalue weighted by atomic mass is 10.1. The van der Waals surface area contributed by atoms with Crippen molar-refractivity contribution in [1.29, 1.82) is 0 Å². The van der Waals surface area contributed by atoms with Gasteiger partial charge in [0.25, 0.3) is 5.91 Å². The Morgan fingerprint density at radius 2 is 1.52 bits per heavy atom. The molecule has 8 heteroatoms. The van der Waals surface area contributed by atoms with E-state index in [1.165, 1.54) is 0 Å². The normalized spacial score (nSPS) is 13.5. The first-order valence-electron chi connectivity index (χ1n) is 10.9. The van der Waals surface area contributed by atoms with E-state index in [0.717, 1.165) is 22.6 Å². The van der Waals surface area contributed by atoms with Crippen molar-refractivity contribution in [2.24, 2.45) is 0 Å². The first kappa shape index (κ1) is 22.3. The number of anilines is 3. The topological polar surface area (TPSA) is 81.7 Å². The van der Waals surface area contributed by atoms with Crippen LogP contribution in [0, 0.1) is 0 Å². The van der Waals surface area contributed by atoms with E-state index in [1.807, 2.05) is 44.4 Å². The second-order valence-corrected chi connectivity index (χ2v) is 8.21. The Morgan fingerprint density at radius 3 is 2.12 bits per heavy atom. The highest BCUT2D eigenvalue weighted by Gasteiger charge is 2.23. The lowest BCUT2D eigenvalue weighted by molar-refractivity contribution is -0.130. The smallest absolute Gasteiger partial charge is 0.253 e. The summed E-state index contributed by atoms with van der Waals surface area (Å²) in [7, 11) is 4.02. The van der Waals surface area contributed by atoms with Crippen molar-refractivity contribution < 1.29 is 9.59 Å². The maximum absolute atomic E-state index is 12.8. The number of benzene rings is 2. The van der Waals surface area contributed by atoms with Gasteiger partial charge in [0.2, 0.25) is 11.9 Å². The average Bonchev–Trinajstić information content (AvgIpc) is 2.84. The van der Waals surface area contributed by atoms with Gasteiger partial charge in [0.1, 0.15) is 0 Å². The predicted molar refractivity (Wildman–Crippen MR) is 130 cm³/mol. The fraction of sp³-hybridized carbons (Fsp3) is 0.280. The van der Waals surface area contributed by atoms with Gasteiger partial charge < -0.3 is 20.0 Å². The van der Waals surface area contributed by atoms with Crippen molar-refractivity contribution in [1.82, 2.24) is 19.8 Å². The Hall–Kier alpha value is -3.94. The molecule has 4 rings (SSSR count). The third-order valence-corrected chi connectivity index (χ3v) is 5.74. The minimum absolute atomic E-state index is 0.0239. The van der Waals surface area contributed by atoms with Crippen LogP contribution in [0.4, 0.5) is 17.3 Å². The van der Waals surface area contributed by atoms with Crippen LogP contribution in [-0.2, 0) is 4.79 Å². The number of aromatic nitrogens is 2. The van der Waals surface area contributed by atoms with Gasteiger partial charge in [0.05, 0.1) is 5.69 Å². The zero-order valence-corrected chi connectivity index (χ0v) is 19.2. The van der Waals surface area contributed by atoms with Crippen LogP contribution in [0.1, 0.15) is 17.3 Å². The summed E-state index contributed by atoms with van der Waals surface area (Å²) in [5.74, 6) is 0.516. The zero-order chi connectivity index (χ0) is 23.4. The summed E-state index contributed by atoms with van der Waals surface area (Å²) in [4.78, 5) is 38.8. The molecular formula is C25H28N6O2. The molecule has 0 atom stereocenters. The number of nitrogens with zero attached hydrogens (tertiary/aromatic N) is 5. The molecule has 0 radical (unpaired) electrons. The van der Waals surface area contributed by atoms with E-state index in [4.69, 9.17) is 0 Å². The fourth-order valence-corrected chi connectivity index (χ4v) is 3.74. The first-order chi connectivity index (χ1) is 15.9. The number of amides is 2. The maximum atomic E-state index is 12.8. The molecule has 1 aliphatic heterocycles. The van der Waals surface area contributed by atoms with Crippen molar-refractivity contribution >= 4 is 29.1 Å². The van der Waals surface area contributed by atoms with Crippen LogP contribution in [0.3, 0.4) is 0 Å². The monoisotopic (exact) mass is 444 g/mol. The minimum Gasteiger partial charge on any atom is -0.378 e. The van der Waals surface area contributed by atoms with E-state index in [9.17, 15) is 9.59 Å². The Bertz CT molecular complexity index is 1120. The van der Waals surface area contributed by atoms with Crippen LogP contribution in [0.5, 0.6) is 0 Å². The van der Waals surface area contributed by atoms with Crippen molar-refractivity contribution in [2.45, 2.75) is 6.92 Å². The number of carbonyl (C=O) groups excluding carboxylic acids is 2. The van der Waals surface area contributed by atoms with E-state index < -0.39 is 0 Å². The second kappa shape index (κ2) is 9.68. The van der Waals surface area contributed by atoms with Crippen LogP contribution >= 0.6 is 0 Å². The highest BCUT2D eigenvalue weighted by Crippen LogP contribution is 2.22. The largest absolute Gasteiger partial charge is 0.378 e. The highest BCUT2D eigenvalue weighted by molar-refractivity contribution is 5.94. The van der Waals surface area contributed by atoms with E-state index >= 15 is 0 Å². The van der Waals surface area contributed by atoms with Gasteiger partial charge in [-0.2, -0.15) is 0 Å². The van der Waals surface area contributed by atoms with Gasteiger partial charge in [-0.1, -0.05) is 12.1 Å². The summed E-state index contributed by atoms with van der Waals surface area (Å²) < 4.78 is 0. The molecule has 1 aromatic heterocycles. The van der Waals surface area contributed by atoms with Crippen LogP contribution in [-0.4, -0.2) is 71.9 Å². The number of nitrogens with one attached hydrogen (secondary N) is 1. The Labute approximate surface area is 193 Å². The summed E-state index contributed by atoms with van der Waals surface area (Å²) in [6, 6.07) is 17.4. The quantitative estimate of drug-likeness (QED) is 0.651. The van der Waals surface area contributed by atoms with Crippen molar-refractivity contribution in [3.63, 3.8) is 0 Å². The molecule has 2 aromatic carbocycles. The second-order valence-electron chi connectivity index (χ2n) is 8.21. The molecule has 170 valence electrons. The summed E-state index contributed by atoms with van der Waals surface area (Å²) >= 11 is 0. The van der Waals surface area contributed by atoms with Gasteiger partial charge >= 0.3 is 0 Å². The SMILES string of the molecule is CC(=O)N1CCN(C(=O)c2ccc(Nc3nccc(-c4ccc(N(C)C)cc4)n3)cc2)CC1. The van der Waals surface area contributed by atoms with Crippen LogP contribution in [0.2, 0.25) is 0 Å². The summed E-state index contributed by atoms with van der Waals surface area (Å²) in [6.07, 6.45) is 1.73. The van der Waals surface area contributed by atoms with Gasteiger partial charge in [-0.15, -0.1) is 0 Å². The van der Waals surface area contributed by atoms with Gasteiger partial charge in [-0.3, -0.25) is 9.59 Å². The van der Waals surface area contributed by atoms with Gasteiger partial charge in [0.15, 0.2) is 0 Å². The minimum atomic E-state index is -0.0239. The fourth-order valence-electron chi connectivity index (χ4n) is 3.74. The van der Waals surface area contributed by atoms with E-state index in [2.05, 4.69) is 32.3 Å². The maximum Gasteiger partial charge on any atom is 0.253 e. The molecule has 3 aromatic rings. The van der Waals surface area contributed by atoms with Crippen molar-refractivity contribution in [3.05, 3.63) is 66.4 Å². The molecule has 2 amide bonds. The van der Waals surface area contributed by atoms with E-state index in [-0.39, 0.29) is 11.8 Å². The van der Waals surface area contributed by atoms with Gasteiger partial charge in [-0.05, 0) is 42.5 Å². The average molecular weight is 445 g/mol. The van der Waals surface area contributed by atoms with Crippen molar-refractivity contribution in [3.8, 4) is 11.3 Å². The number of piperazine rings is 1. The van der Waals surface area contributed by atoms with Crippen LogP contribution in [0.15, 0.2) is 60.8 Å². The number of rotatable bonds is 5.